The van der Waals surface area contributed by atoms with Crippen molar-refractivity contribution in [2.75, 3.05) is 40.2 Å². The summed E-state index contributed by atoms with van der Waals surface area (Å²) >= 11 is 0. The molecule has 1 amide bonds. The smallest absolute Gasteiger partial charge is 0.329 e. The van der Waals surface area contributed by atoms with E-state index in [4.69, 9.17) is 33.0 Å². The molecule has 0 unspecified atom stereocenters. The molecule has 2 saturated heterocycles. The van der Waals surface area contributed by atoms with Crippen LogP contribution in [0, 0.1) is 35.5 Å². The predicted molar refractivity (Wildman–Crippen MR) is 270 cm³/mol. The third kappa shape index (κ3) is 17.3. The van der Waals surface area contributed by atoms with Crippen LogP contribution < -0.4 is 0 Å². The first kappa shape index (κ1) is 61.1. The van der Waals surface area contributed by atoms with Crippen LogP contribution in [0.2, 0.25) is 0 Å². The Balaban J connectivity index is 1.67. The number of allylic oxidation sites excluding steroid dienone is 6. The number of hydrogen-bond acceptors (Lipinski definition) is 15. The van der Waals surface area contributed by atoms with Gasteiger partial charge in [0.2, 0.25) is 5.79 Å². The maximum Gasteiger partial charge on any atom is 0.329 e. The Morgan fingerprint density at radius 1 is 0.861 bits per heavy atom. The number of ketones is 3. The lowest BCUT2D eigenvalue weighted by atomic mass is 9.78. The van der Waals surface area contributed by atoms with E-state index < -0.39 is 99.6 Å². The lowest BCUT2D eigenvalue weighted by Gasteiger charge is -2.42. The fourth-order valence-corrected chi connectivity index (χ4v) is 11.2. The number of amides is 1. The Hall–Kier alpha value is -3.46. The molecule has 3 N–H and O–H groups in total. The van der Waals surface area contributed by atoms with E-state index in [1.165, 1.54) is 12.0 Å². The average Bonchev–Trinajstić information content (AvgIpc) is 3.34. The van der Waals surface area contributed by atoms with Gasteiger partial charge in [-0.15, -0.1) is 0 Å². The van der Waals surface area contributed by atoms with Crippen molar-refractivity contribution in [3.8, 4) is 0 Å². The van der Waals surface area contributed by atoms with E-state index in [2.05, 4.69) is 0 Å². The molecule has 0 spiro atoms. The van der Waals surface area contributed by atoms with Crippen molar-refractivity contribution in [2.24, 2.45) is 35.5 Å². The van der Waals surface area contributed by atoms with Crippen LogP contribution in [0.3, 0.4) is 0 Å². The van der Waals surface area contributed by atoms with E-state index in [9.17, 15) is 42.6 Å². The number of rotatable bonds is 11. The molecular weight excluding hydrogens is 951 g/mol. The molecular formula is C54H85NO16S. The van der Waals surface area contributed by atoms with Gasteiger partial charge >= 0.3 is 5.97 Å². The second kappa shape index (κ2) is 28.4. The number of piperidine rings is 1. The zero-order valence-corrected chi connectivity index (χ0v) is 45.2. The van der Waals surface area contributed by atoms with Crippen LogP contribution in [-0.4, -0.2) is 152 Å². The molecule has 1 saturated carbocycles. The van der Waals surface area contributed by atoms with Crippen molar-refractivity contribution in [1.82, 2.24) is 4.90 Å². The quantitative estimate of drug-likeness (QED) is 0.0660. The van der Waals surface area contributed by atoms with E-state index in [0.717, 1.165) is 5.57 Å². The number of carbonyl (C=O) groups excluding carboxylic acids is 5. The standard InChI is InChI=1S/C54H85NO16S/c1-33-17-12-11-13-18-34(2)45(66-8)31-41-22-20-39(7)54(62,71-41)51(59)52(60)55-24-15-14-19-42(55)53(61)70-46(32-43(56)35(3)28-38(6)49(58)50(68-10)48(57)37(5)27-33)36(4)29-40-21-23-44(47(30-40)67-9)69-25-16-26-72(63,64)65/h11-13,17-18,28,33,35-37,39-42,44-47,49-50,58,62H,14-16,19-27,29-32H2,1-10H3,(H,63,64,65)/b13-11?,17-12+,34-18?,38-28+/t33-,35-,36-,37-,39-,40+,41+,42+,44-,45+,46+,47-,49+,50+,54-/m1/s1. The van der Waals surface area contributed by atoms with E-state index in [0.29, 0.717) is 69.8 Å². The van der Waals surface area contributed by atoms with Gasteiger partial charge in [0.05, 0.1) is 30.2 Å². The van der Waals surface area contributed by atoms with Crippen molar-refractivity contribution in [3.05, 3.63) is 47.6 Å². The van der Waals surface area contributed by atoms with E-state index in [1.54, 1.807) is 48.0 Å². The topological polar surface area (TPSA) is 239 Å². The normalized spacial score (nSPS) is 36.7. The zero-order chi connectivity index (χ0) is 53.5. The second-order valence-electron chi connectivity index (χ2n) is 21.1. The van der Waals surface area contributed by atoms with Crippen LogP contribution in [-0.2, 0) is 62.5 Å². The SMILES string of the molecule is CO[C@H]1C[C@@H]2CC[C@@H](C)[C@@](O)(O2)C(=O)C(=O)N2CCCC[C@H]2C(=O)O[C@H]([C@H](C)C[C@@H]2CC[C@@H](OCCCS(=O)(=O)O)[C@H](OC)C2)CC(=O)[C@H](C)/C=C(\C)[C@H](O)[C@@H](OC)C(=O)[C@H](C)C[C@H](C)/C=C/C=CC=C1C. The van der Waals surface area contributed by atoms with Crippen LogP contribution in [0.1, 0.15) is 132 Å². The van der Waals surface area contributed by atoms with Crippen LogP contribution in [0.5, 0.6) is 0 Å². The maximum atomic E-state index is 14.5. The van der Waals surface area contributed by atoms with Gasteiger partial charge in [0.15, 0.2) is 5.78 Å². The van der Waals surface area contributed by atoms with Gasteiger partial charge in [-0.05, 0) is 113 Å². The summed E-state index contributed by atoms with van der Waals surface area (Å²) in [6, 6.07) is -1.18. The predicted octanol–water partition coefficient (Wildman–Crippen LogP) is 6.48. The number of nitrogens with zero attached hydrogens (tertiary/aromatic N) is 1. The molecule has 72 heavy (non-hydrogen) atoms. The highest BCUT2D eigenvalue weighted by atomic mass is 32.2. The molecule has 18 heteroatoms. The summed E-state index contributed by atoms with van der Waals surface area (Å²) in [4.78, 5) is 72.3. The van der Waals surface area contributed by atoms with Crippen LogP contribution >= 0.6 is 0 Å². The first-order valence-corrected chi connectivity index (χ1v) is 27.6. The van der Waals surface area contributed by atoms with Gasteiger partial charge in [-0.2, -0.15) is 8.42 Å². The minimum atomic E-state index is -4.12. The fraction of sp³-hybridized carbons (Fsp3) is 0.759. The molecule has 3 heterocycles. The number of fused-ring (bicyclic) bond motifs is 3. The molecule has 1 aliphatic carbocycles. The first-order valence-electron chi connectivity index (χ1n) is 26.0. The molecule has 2 bridgehead atoms. The fourth-order valence-electron chi connectivity index (χ4n) is 10.8. The van der Waals surface area contributed by atoms with Crippen molar-refractivity contribution < 1.29 is 75.6 Å². The third-order valence-corrected chi connectivity index (χ3v) is 16.1. The number of methoxy groups -OCH3 is 3. The highest BCUT2D eigenvalue weighted by Crippen LogP contribution is 2.38. The molecule has 4 rings (SSSR count). The van der Waals surface area contributed by atoms with Gasteiger partial charge in [0.1, 0.15) is 30.1 Å². The largest absolute Gasteiger partial charge is 0.460 e. The number of Topliss-reactive ketones (excluding diaryl/α,β-unsaturated/α-hetero) is 3. The van der Waals surface area contributed by atoms with Gasteiger partial charge in [0.25, 0.3) is 21.8 Å². The molecule has 0 aromatic carbocycles. The van der Waals surface area contributed by atoms with E-state index >= 15 is 0 Å². The molecule has 3 aliphatic heterocycles. The Labute approximate surface area is 428 Å². The molecule has 0 aromatic heterocycles. The highest BCUT2D eigenvalue weighted by molar-refractivity contribution is 7.85. The maximum absolute atomic E-state index is 14.5. The summed E-state index contributed by atoms with van der Waals surface area (Å²) in [5.41, 5.74) is 1.22. The van der Waals surface area contributed by atoms with Crippen LogP contribution in [0.25, 0.3) is 0 Å². The molecule has 0 radical (unpaired) electrons. The molecule has 408 valence electrons. The molecule has 3 fully saturated rings. The average molecular weight is 1040 g/mol. The van der Waals surface area contributed by atoms with Crippen molar-refractivity contribution in [3.63, 3.8) is 0 Å². The lowest BCUT2D eigenvalue weighted by molar-refractivity contribution is -0.265. The summed E-state index contributed by atoms with van der Waals surface area (Å²) in [5, 5.41) is 23.5. The minimum Gasteiger partial charge on any atom is -0.460 e. The summed E-state index contributed by atoms with van der Waals surface area (Å²) < 4.78 is 67.3. The van der Waals surface area contributed by atoms with Crippen molar-refractivity contribution in [2.45, 2.75) is 186 Å². The second-order valence-corrected chi connectivity index (χ2v) is 22.6. The Morgan fingerprint density at radius 2 is 1.58 bits per heavy atom. The van der Waals surface area contributed by atoms with Crippen LogP contribution in [0.15, 0.2) is 47.6 Å². The summed E-state index contributed by atoms with van der Waals surface area (Å²) in [6.07, 6.45) is 11.1. The van der Waals surface area contributed by atoms with Crippen LogP contribution in [0.4, 0.5) is 0 Å². The van der Waals surface area contributed by atoms with Gasteiger partial charge in [-0.3, -0.25) is 23.7 Å². The van der Waals surface area contributed by atoms with Gasteiger partial charge < -0.3 is 43.5 Å². The lowest BCUT2D eigenvalue weighted by Crippen LogP contribution is -2.61. The number of esters is 1. The Kier molecular flexibility index (Phi) is 24.1. The number of aliphatic hydroxyl groups excluding tert-OH is 1. The monoisotopic (exact) mass is 1040 g/mol. The summed E-state index contributed by atoms with van der Waals surface area (Å²) in [5.74, 6) is -8.79. The van der Waals surface area contributed by atoms with E-state index in [1.807, 2.05) is 51.2 Å². The number of carbonyl (C=O) groups is 5. The number of hydrogen-bond donors (Lipinski definition) is 3. The molecule has 0 aromatic rings. The zero-order valence-electron chi connectivity index (χ0n) is 44.4. The first-order chi connectivity index (χ1) is 33.9. The van der Waals surface area contributed by atoms with Crippen molar-refractivity contribution in [1.29, 1.82) is 0 Å². The van der Waals surface area contributed by atoms with Crippen molar-refractivity contribution >= 4 is 39.3 Å². The molecule has 15 atom stereocenters. The Morgan fingerprint density at radius 3 is 2.25 bits per heavy atom. The van der Waals surface area contributed by atoms with Gasteiger partial charge in [-0.25, -0.2) is 4.79 Å². The molecule has 4 aliphatic rings. The van der Waals surface area contributed by atoms with E-state index in [-0.39, 0.29) is 68.0 Å². The number of cyclic esters (lactones) is 1. The summed E-state index contributed by atoms with van der Waals surface area (Å²) in [6.45, 7) is 12.7. The Bertz CT molecular complexity index is 2070. The molecule has 17 nitrogen and oxygen atoms in total. The third-order valence-electron chi connectivity index (χ3n) is 15.3. The highest BCUT2D eigenvalue weighted by Gasteiger charge is 2.53. The minimum absolute atomic E-state index is 0.00189. The van der Waals surface area contributed by atoms with Gasteiger partial charge in [0, 0.05) is 65.1 Å². The van der Waals surface area contributed by atoms with Gasteiger partial charge in [-0.1, -0.05) is 71.1 Å². The number of ether oxygens (including phenoxy) is 6. The summed E-state index contributed by atoms with van der Waals surface area (Å²) in [7, 11) is 0.380. The number of aliphatic hydroxyl groups is 2.